The van der Waals surface area contributed by atoms with Gasteiger partial charge in [0.25, 0.3) is 0 Å². The van der Waals surface area contributed by atoms with Crippen molar-refractivity contribution in [2.75, 3.05) is 0 Å². The van der Waals surface area contributed by atoms with E-state index in [4.69, 9.17) is 0 Å². The van der Waals surface area contributed by atoms with Gasteiger partial charge in [-0.25, -0.2) is 0 Å². The monoisotopic (exact) mass is 368 g/mol. The van der Waals surface area contributed by atoms with E-state index in [1.807, 2.05) is 17.9 Å². The second-order valence-electron chi connectivity index (χ2n) is 10.7. The number of hydrogen-bond donors (Lipinski definition) is 1. The normalized spacial score (nSPS) is 48.1. The van der Waals surface area contributed by atoms with Crippen molar-refractivity contribution in [3.8, 4) is 0 Å². The van der Waals surface area contributed by atoms with Crippen LogP contribution in [0.25, 0.3) is 6.08 Å². The average molecular weight is 369 g/mol. The van der Waals surface area contributed by atoms with E-state index in [1.165, 1.54) is 56.9 Å². The molecule has 0 bridgehead atoms. The van der Waals surface area contributed by atoms with Gasteiger partial charge < -0.3 is 5.11 Å². The van der Waals surface area contributed by atoms with Crippen LogP contribution in [0, 0.1) is 34.5 Å². The highest BCUT2D eigenvalue weighted by Crippen LogP contribution is 2.66. The fraction of sp³-hybridized carbons (Fsp3) is 0.792. The number of fused-ring (bicyclic) bond motifs is 5. The van der Waals surface area contributed by atoms with Crippen LogP contribution in [0.5, 0.6) is 0 Å². The van der Waals surface area contributed by atoms with Gasteiger partial charge in [-0.1, -0.05) is 26.7 Å². The number of hydrogen-bond acceptors (Lipinski definition) is 2. The summed E-state index contributed by atoms with van der Waals surface area (Å²) in [6.07, 6.45) is 16.1. The molecule has 4 fully saturated rings. The Labute approximate surface area is 164 Å². The minimum Gasteiger partial charge on any atom is -0.388 e. The number of nitrogens with zero attached hydrogens (tertiary/aromatic N) is 2. The lowest BCUT2D eigenvalue weighted by molar-refractivity contribution is -0.119. The van der Waals surface area contributed by atoms with E-state index in [2.05, 4.69) is 31.1 Å². The quantitative estimate of drug-likeness (QED) is 0.739. The molecule has 4 aliphatic carbocycles. The van der Waals surface area contributed by atoms with Crippen LogP contribution in [0.1, 0.15) is 77.3 Å². The molecule has 4 aliphatic rings. The maximum Gasteiger partial charge on any atom is 0.0810 e. The predicted molar refractivity (Wildman–Crippen MR) is 109 cm³/mol. The Kier molecular flexibility index (Phi) is 4.13. The van der Waals surface area contributed by atoms with E-state index in [0.29, 0.717) is 11.3 Å². The van der Waals surface area contributed by atoms with Crippen LogP contribution in [0.15, 0.2) is 17.8 Å². The lowest BCUT2D eigenvalue weighted by Crippen LogP contribution is -2.53. The Morgan fingerprint density at radius 3 is 2.70 bits per heavy atom. The van der Waals surface area contributed by atoms with E-state index < -0.39 is 0 Å². The second-order valence-corrected chi connectivity index (χ2v) is 10.7. The van der Waals surface area contributed by atoms with Crippen molar-refractivity contribution in [3.63, 3.8) is 0 Å². The standard InChI is InChI=1S/C24H36N2O/c1-23-11-5-4-6-17(23)7-8-19-20(23)9-12-24(2)21(19)15-16(22(24)27)14-18-10-13-25-26(18)3/h10,13-14,17,19-22,27H,4-9,11-12,15H2,1-3H3/b16-14+/t17-,19+,20-,21-,22+,23-,24-/m0/s1. The molecule has 0 saturated heterocycles. The third kappa shape index (κ3) is 2.53. The molecule has 0 unspecified atom stereocenters. The van der Waals surface area contributed by atoms with Gasteiger partial charge in [0.1, 0.15) is 0 Å². The molecule has 1 aromatic heterocycles. The summed E-state index contributed by atoms with van der Waals surface area (Å²) >= 11 is 0. The van der Waals surface area contributed by atoms with Crippen LogP contribution < -0.4 is 0 Å². The van der Waals surface area contributed by atoms with E-state index in [-0.39, 0.29) is 11.5 Å². The lowest BCUT2D eigenvalue weighted by Gasteiger charge is -2.60. The average Bonchev–Trinajstić information content (AvgIpc) is 3.17. The van der Waals surface area contributed by atoms with Gasteiger partial charge in [0.05, 0.1) is 11.8 Å². The minimum absolute atomic E-state index is 0.0729. The first-order chi connectivity index (χ1) is 12.9. The van der Waals surface area contributed by atoms with E-state index in [1.54, 1.807) is 0 Å². The first kappa shape index (κ1) is 18.0. The van der Waals surface area contributed by atoms with Crippen LogP contribution in [-0.4, -0.2) is 21.0 Å². The van der Waals surface area contributed by atoms with Crippen LogP contribution >= 0.6 is 0 Å². The van der Waals surface area contributed by atoms with Gasteiger partial charge in [0, 0.05) is 18.7 Å². The predicted octanol–water partition coefficient (Wildman–Crippen LogP) is 5.21. The van der Waals surface area contributed by atoms with Crippen molar-refractivity contribution in [3.05, 3.63) is 23.5 Å². The molecule has 3 heteroatoms. The molecule has 7 atom stereocenters. The maximum atomic E-state index is 11.3. The molecule has 0 radical (unpaired) electrons. The number of aryl methyl sites for hydroxylation is 1. The molecule has 3 nitrogen and oxygen atoms in total. The summed E-state index contributed by atoms with van der Waals surface area (Å²) in [6.45, 7) is 5.02. The Hall–Kier alpha value is -1.09. The molecule has 27 heavy (non-hydrogen) atoms. The Balaban J connectivity index is 1.47. The van der Waals surface area contributed by atoms with Gasteiger partial charge in [0.2, 0.25) is 0 Å². The van der Waals surface area contributed by atoms with Gasteiger partial charge in [-0.2, -0.15) is 5.10 Å². The van der Waals surface area contributed by atoms with Crippen LogP contribution in [0.4, 0.5) is 0 Å². The zero-order valence-corrected chi connectivity index (χ0v) is 17.3. The topological polar surface area (TPSA) is 38.0 Å². The van der Waals surface area contributed by atoms with Crippen molar-refractivity contribution in [2.24, 2.45) is 41.5 Å². The highest BCUT2D eigenvalue weighted by atomic mass is 16.3. The largest absolute Gasteiger partial charge is 0.388 e. The first-order valence-electron chi connectivity index (χ1n) is 11.3. The number of aliphatic hydroxyl groups is 1. The molecule has 0 amide bonds. The summed E-state index contributed by atoms with van der Waals surface area (Å²) < 4.78 is 1.92. The summed E-state index contributed by atoms with van der Waals surface area (Å²) in [5.41, 5.74) is 3.01. The summed E-state index contributed by atoms with van der Waals surface area (Å²) in [7, 11) is 1.99. The Morgan fingerprint density at radius 1 is 1.07 bits per heavy atom. The zero-order chi connectivity index (χ0) is 18.8. The van der Waals surface area contributed by atoms with Crippen molar-refractivity contribution in [2.45, 2.75) is 77.7 Å². The van der Waals surface area contributed by atoms with Crippen molar-refractivity contribution >= 4 is 6.08 Å². The van der Waals surface area contributed by atoms with Crippen molar-refractivity contribution in [1.82, 2.24) is 9.78 Å². The smallest absolute Gasteiger partial charge is 0.0810 e. The summed E-state index contributed by atoms with van der Waals surface area (Å²) in [6, 6.07) is 2.06. The molecule has 1 heterocycles. The Bertz CT molecular complexity index is 751. The van der Waals surface area contributed by atoms with E-state index >= 15 is 0 Å². The Morgan fingerprint density at radius 2 is 1.93 bits per heavy atom. The summed E-state index contributed by atoms with van der Waals surface area (Å²) in [4.78, 5) is 0. The van der Waals surface area contributed by atoms with E-state index in [0.717, 1.165) is 29.9 Å². The van der Waals surface area contributed by atoms with Crippen LogP contribution in [0.3, 0.4) is 0 Å². The highest BCUT2D eigenvalue weighted by Gasteiger charge is 2.60. The molecule has 0 spiro atoms. The zero-order valence-electron chi connectivity index (χ0n) is 17.3. The first-order valence-corrected chi connectivity index (χ1v) is 11.3. The molecule has 0 aliphatic heterocycles. The third-order valence-corrected chi connectivity index (χ3v) is 9.64. The highest BCUT2D eigenvalue weighted by molar-refractivity contribution is 5.52. The molecule has 148 valence electrons. The van der Waals surface area contributed by atoms with E-state index in [9.17, 15) is 5.11 Å². The van der Waals surface area contributed by atoms with Gasteiger partial charge in [0.15, 0.2) is 0 Å². The van der Waals surface area contributed by atoms with Crippen molar-refractivity contribution in [1.29, 1.82) is 0 Å². The van der Waals surface area contributed by atoms with Gasteiger partial charge in [-0.05, 0) is 91.7 Å². The lowest BCUT2D eigenvalue weighted by atomic mass is 9.45. The second kappa shape index (κ2) is 6.20. The minimum atomic E-state index is -0.282. The molecule has 1 N–H and O–H groups in total. The maximum absolute atomic E-state index is 11.3. The van der Waals surface area contributed by atoms with Crippen molar-refractivity contribution < 1.29 is 5.11 Å². The summed E-state index contributed by atoms with van der Waals surface area (Å²) in [5.74, 6) is 3.33. The number of rotatable bonds is 1. The number of aromatic nitrogens is 2. The molecular formula is C24H36N2O. The fourth-order valence-electron chi connectivity index (χ4n) is 8.01. The van der Waals surface area contributed by atoms with Crippen LogP contribution in [-0.2, 0) is 7.05 Å². The van der Waals surface area contributed by atoms with Crippen LogP contribution in [0.2, 0.25) is 0 Å². The molecule has 5 rings (SSSR count). The molecule has 0 aromatic carbocycles. The molecule has 4 saturated carbocycles. The molecule has 1 aromatic rings. The third-order valence-electron chi connectivity index (χ3n) is 9.64. The molecular weight excluding hydrogens is 332 g/mol. The SMILES string of the molecule is Cn1nccc1/C=C1\C[C@H]2[C@@H]3CC[C@@H]4CCCC[C@]4(C)[C@H]3CC[C@]2(C)[C@@H]1O. The van der Waals surface area contributed by atoms with Gasteiger partial charge in [-0.3, -0.25) is 4.68 Å². The number of aliphatic hydroxyl groups excluding tert-OH is 1. The van der Waals surface area contributed by atoms with Gasteiger partial charge >= 0.3 is 0 Å². The van der Waals surface area contributed by atoms with Gasteiger partial charge in [-0.15, -0.1) is 0 Å². The fourth-order valence-corrected chi connectivity index (χ4v) is 8.01. The summed E-state index contributed by atoms with van der Waals surface area (Å²) in [5, 5.41) is 15.6.